The summed E-state index contributed by atoms with van der Waals surface area (Å²) in [7, 11) is 0. The lowest BCUT2D eigenvalue weighted by atomic mass is 9.80. The third-order valence-corrected chi connectivity index (χ3v) is 8.91. The monoisotopic (exact) mass is 635 g/mol. The maximum Gasteiger partial charge on any atom is -0.0132 e. The van der Waals surface area contributed by atoms with Gasteiger partial charge < -0.3 is 0 Å². The van der Waals surface area contributed by atoms with Crippen molar-refractivity contribution in [3.05, 3.63) is 139 Å². The third kappa shape index (κ3) is 14.3. The first kappa shape index (κ1) is 41.9. The minimum Gasteiger partial charge on any atom is -0.0617 e. The zero-order valence-corrected chi connectivity index (χ0v) is 34.0. The largest absolute Gasteiger partial charge is 0.0617 e. The fourth-order valence-corrected chi connectivity index (χ4v) is 6.03. The summed E-state index contributed by atoms with van der Waals surface area (Å²) in [5.74, 6) is 1.28. The van der Waals surface area contributed by atoms with Gasteiger partial charge in [-0.25, -0.2) is 0 Å². The standard InChI is InChI=1S/C15H24.C13H20.C10H14.C9H12/c1-11-8-12(14(2,3)4)10-13(9-11)15(5,6)7;1-9(2)12-7-6-8-13(10(3)4)11(12)5;1-7-5-8(2)10(4)9(3)6-7;1-7-4-8(2)6-9(3)5-7/h8-10H,1-7H3;6-10H,1-5H3;5-6H,1-4H3;4-6H,1-3H3. The van der Waals surface area contributed by atoms with Gasteiger partial charge in [0.15, 0.2) is 0 Å². The first-order chi connectivity index (χ1) is 21.4. The van der Waals surface area contributed by atoms with Crippen LogP contribution in [-0.4, -0.2) is 0 Å². The van der Waals surface area contributed by atoms with Crippen LogP contribution in [0.2, 0.25) is 0 Å². The van der Waals surface area contributed by atoms with Crippen LogP contribution in [0, 0.1) is 62.3 Å². The van der Waals surface area contributed by atoms with Crippen molar-refractivity contribution < 1.29 is 0 Å². The molecule has 0 atom stereocenters. The van der Waals surface area contributed by atoms with Gasteiger partial charge in [0.25, 0.3) is 0 Å². The summed E-state index contributed by atoms with van der Waals surface area (Å²) >= 11 is 0. The highest BCUT2D eigenvalue weighted by molar-refractivity contribution is 5.38. The second-order valence-electron chi connectivity index (χ2n) is 16.6. The molecule has 0 aromatic heterocycles. The molecular weight excluding hydrogens is 565 g/mol. The SMILES string of the molecule is Cc1c(C(C)C)cccc1C(C)C.Cc1cc(C(C)(C)C)cc(C(C)(C)C)c1.Cc1cc(C)c(C)c(C)c1.Cc1cc(C)cc(C)c1. The van der Waals surface area contributed by atoms with Crippen molar-refractivity contribution in [2.24, 2.45) is 0 Å². The third-order valence-electron chi connectivity index (χ3n) is 8.91. The molecule has 0 unspecified atom stereocenters. The Morgan fingerprint density at radius 3 is 0.979 bits per heavy atom. The summed E-state index contributed by atoms with van der Waals surface area (Å²) in [5, 5.41) is 0. The molecule has 0 saturated carbocycles. The topological polar surface area (TPSA) is 0 Å². The Hall–Kier alpha value is -3.12. The average molecular weight is 635 g/mol. The van der Waals surface area contributed by atoms with Crippen molar-refractivity contribution in [3.8, 4) is 0 Å². The summed E-state index contributed by atoms with van der Waals surface area (Å²) in [6.45, 7) is 42.1. The Kier molecular flexibility index (Phi) is 15.9. The summed E-state index contributed by atoms with van der Waals surface area (Å²) in [5.41, 5.74) is 18.8. The smallest absolute Gasteiger partial charge is 0.0132 e. The van der Waals surface area contributed by atoms with E-state index >= 15 is 0 Å². The van der Waals surface area contributed by atoms with Crippen LogP contribution < -0.4 is 0 Å². The van der Waals surface area contributed by atoms with Crippen molar-refractivity contribution >= 4 is 0 Å². The van der Waals surface area contributed by atoms with Crippen LogP contribution in [0.1, 0.15) is 153 Å². The lowest BCUT2D eigenvalue weighted by molar-refractivity contribution is 0.567. The second kappa shape index (κ2) is 17.9. The Labute approximate surface area is 292 Å². The van der Waals surface area contributed by atoms with Crippen molar-refractivity contribution in [2.75, 3.05) is 0 Å². The number of hydrogen-bond acceptors (Lipinski definition) is 0. The van der Waals surface area contributed by atoms with E-state index in [1.165, 1.54) is 72.3 Å². The van der Waals surface area contributed by atoms with Gasteiger partial charge in [0.2, 0.25) is 0 Å². The van der Waals surface area contributed by atoms with E-state index in [1.807, 2.05) is 0 Å². The van der Waals surface area contributed by atoms with Gasteiger partial charge in [-0.2, -0.15) is 0 Å². The van der Waals surface area contributed by atoms with E-state index in [0.29, 0.717) is 11.8 Å². The normalized spacial score (nSPS) is 11.3. The van der Waals surface area contributed by atoms with Crippen molar-refractivity contribution in [3.63, 3.8) is 0 Å². The van der Waals surface area contributed by atoms with Gasteiger partial charge in [0.05, 0.1) is 0 Å². The van der Waals surface area contributed by atoms with E-state index in [0.717, 1.165) is 0 Å². The second-order valence-corrected chi connectivity index (χ2v) is 16.6. The number of hydrogen-bond donors (Lipinski definition) is 0. The molecule has 0 N–H and O–H groups in total. The number of rotatable bonds is 2. The predicted octanol–water partition coefficient (Wildman–Crippen LogP) is 14.4. The molecule has 0 aliphatic rings. The Morgan fingerprint density at radius 2 is 0.681 bits per heavy atom. The molecule has 0 radical (unpaired) electrons. The van der Waals surface area contributed by atoms with Crippen LogP contribution in [-0.2, 0) is 10.8 Å². The molecule has 0 nitrogen and oxygen atoms in total. The maximum atomic E-state index is 2.35. The van der Waals surface area contributed by atoms with E-state index in [4.69, 9.17) is 0 Å². The fourth-order valence-electron chi connectivity index (χ4n) is 6.03. The molecule has 4 aromatic rings. The fraction of sp³-hybridized carbons (Fsp3) is 0.489. The Balaban J connectivity index is 0.000000319. The van der Waals surface area contributed by atoms with E-state index in [9.17, 15) is 0 Å². The lowest BCUT2D eigenvalue weighted by Gasteiger charge is -2.25. The predicted molar refractivity (Wildman–Crippen MR) is 214 cm³/mol. The van der Waals surface area contributed by atoms with Gasteiger partial charge in [-0.3, -0.25) is 0 Å². The van der Waals surface area contributed by atoms with E-state index in [1.54, 1.807) is 0 Å². The van der Waals surface area contributed by atoms with Crippen molar-refractivity contribution in [1.82, 2.24) is 0 Å². The van der Waals surface area contributed by atoms with Crippen LogP contribution in [0.4, 0.5) is 0 Å². The molecule has 4 aromatic carbocycles. The van der Waals surface area contributed by atoms with Gasteiger partial charge in [-0.15, -0.1) is 0 Å². The molecule has 258 valence electrons. The zero-order chi connectivity index (χ0) is 36.4. The van der Waals surface area contributed by atoms with Gasteiger partial charge in [-0.1, -0.05) is 164 Å². The first-order valence-electron chi connectivity index (χ1n) is 17.7. The van der Waals surface area contributed by atoms with Gasteiger partial charge in [0.1, 0.15) is 0 Å². The summed E-state index contributed by atoms with van der Waals surface area (Å²) < 4.78 is 0. The molecule has 0 aliphatic carbocycles. The van der Waals surface area contributed by atoms with E-state index in [-0.39, 0.29) is 10.8 Å². The van der Waals surface area contributed by atoms with Gasteiger partial charge in [0, 0.05) is 0 Å². The highest BCUT2D eigenvalue weighted by atomic mass is 14.2. The van der Waals surface area contributed by atoms with Crippen LogP contribution in [0.3, 0.4) is 0 Å². The molecule has 0 spiro atoms. The Morgan fingerprint density at radius 1 is 0.383 bits per heavy atom. The van der Waals surface area contributed by atoms with Gasteiger partial charge in [-0.05, 0) is 129 Å². The molecule has 0 aliphatic heterocycles. The maximum absolute atomic E-state index is 2.35. The first-order valence-corrected chi connectivity index (χ1v) is 17.7. The van der Waals surface area contributed by atoms with Crippen LogP contribution in [0.5, 0.6) is 0 Å². The molecule has 0 bridgehead atoms. The molecule has 0 heterocycles. The minimum absolute atomic E-state index is 0.242. The molecule has 4 rings (SSSR count). The molecule has 0 heteroatoms. The quantitative estimate of drug-likeness (QED) is 0.206. The minimum atomic E-state index is 0.242. The summed E-state index contributed by atoms with van der Waals surface area (Å²) in [6.07, 6.45) is 0. The molecule has 0 saturated heterocycles. The zero-order valence-electron chi connectivity index (χ0n) is 34.0. The highest BCUT2D eigenvalue weighted by Crippen LogP contribution is 2.30. The van der Waals surface area contributed by atoms with Crippen molar-refractivity contribution in [2.45, 2.75) is 154 Å². The van der Waals surface area contributed by atoms with Gasteiger partial charge >= 0.3 is 0 Å². The van der Waals surface area contributed by atoms with E-state index in [2.05, 4.69) is 198 Å². The van der Waals surface area contributed by atoms with Crippen LogP contribution >= 0.6 is 0 Å². The Bertz CT molecular complexity index is 1430. The number of aryl methyl sites for hydroxylation is 7. The highest BCUT2D eigenvalue weighted by Gasteiger charge is 2.19. The average Bonchev–Trinajstić information content (AvgIpc) is 2.90. The molecular formula is C47H70. The molecule has 0 fully saturated rings. The van der Waals surface area contributed by atoms with Crippen molar-refractivity contribution in [1.29, 1.82) is 0 Å². The van der Waals surface area contributed by atoms with Crippen LogP contribution in [0.25, 0.3) is 0 Å². The molecule has 0 amide bonds. The van der Waals surface area contributed by atoms with Crippen LogP contribution in [0.15, 0.2) is 66.7 Å². The summed E-state index contributed by atoms with van der Waals surface area (Å²) in [6, 6.07) is 24.6. The molecule has 47 heavy (non-hydrogen) atoms. The number of benzene rings is 4. The van der Waals surface area contributed by atoms with E-state index < -0.39 is 0 Å². The lowest BCUT2D eigenvalue weighted by Crippen LogP contribution is -2.16. The summed E-state index contributed by atoms with van der Waals surface area (Å²) in [4.78, 5) is 0.